The first kappa shape index (κ1) is 15.0. The van der Waals surface area contributed by atoms with Crippen LogP contribution in [0.5, 0.6) is 0 Å². The Balaban J connectivity index is 2.03. The second-order valence-electron chi connectivity index (χ2n) is 6.63. The Hall–Kier alpha value is -2.56. The Morgan fingerprint density at radius 2 is 2.12 bits per heavy atom. The number of aromatic nitrogens is 3. The summed E-state index contributed by atoms with van der Waals surface area (Å²) in [6.45, 7) is 7.06. The molecule has 1 amide bonds. The van der Waals surface area contributed by atoms with E-state index in [1.807, 2.05) is 24.7 Å². The summed E-state index contributed by atoms with van der Waals surface area (Å²) in [5.74, 6) is 0.0230. The number of carbonyl (C=O) groups is 1. The molecule has 1 aromatic carbocycles. The third-order valence-electron chi connectivity index (χ3n) is 5.16. The molecule has 0 saturated carbocycles. The zero-order chi connectivity index (χ0) is 17.0. The van der Waals surface area contributed by atoms with Crippen molar-refractivity contribution in [3.05, 3.63) is 41.3 Å². The molecule has 0 radical (unpaired) electrons. The fourth-order valence-corrected chi connectivity index (χ4v) is 3.82. The highest BCUT2D eigenvalue weighted by molar-refractivity contribution is 6.04. The van der Waals surface area contributed by atoms with Crippen LogP contribution in [-0.4, -0.2) is 26.3 Å². The van der Waals surface area contributed by atoms with Crippen molar-refractivity contribution in [3.63, 3.8) is 0 Å². The number of benzene rings is 1. The number of rotatable bonds is 2. The van der Waals surface area contributed by atoms with Crippen LogP contribution in [0.1, 0.15) is 35.2 Å². The molecule has 0 fully saturated rings. The summed E-state index contributed by atoms with van der Waals surface area (Å²) in [6, 6.07) is 8.47. The van der Waals surface area contributed by atoms with Gasteiger partial charge in [-0.25, -0.2) is 0 Å². The topological polar surface area (TPSA) is 51.9 Å². The molecule has 2 aromatic heterocycles. The quantitative estimate of drug-likeness (QED) is 0.788. The Morgan fingerprint density at radius 3 is 2.79 bits per heavy atom. The Labute approximate surface area is 141 Å². The van der Waals surface area contributed by atoms with Crippen LogP contribution in [0.3, 0.4) is 0 Å². The lowest BCUT2D eigenvalue weighted by molar-refractivity contribution is 0.0901. The van der Waals surface area contributed by atoms with Gasteiger partial charge >= 0.3 is 0 Å². The first-order valence-corrected chi connectivity index (χ1v) is 8.45. The van der Waals surface area contributed by atoms with E-state index in [1.165, 1.54) is 5.56 Å². The van der Waals surface area contributed by atoms with Crippen LogP contribution in [-0.2, 0) is 13.6 Å². The van der Waals surface area contributed by atoms with Gasteiger partial charge in [-0.1, -0.05) is 25.1 Å². The molecule has 0 spiro atoms. The van der Waals surface area contributed by atoms with Gasteiger partial charge in [-0.2, -0.15) is 5.10 Å². The molecule has 1 atom stereocenters. The molecule has 124 valence electrons. The molecule has 5 nitrogen and oxygen atoms in total. The number of fused-ring (bicyclic) bond motifs is 3. The average Bonchev–Trinajstić information content (AvgIpc) is 3.05. The van der Waals surface area contributed by atoms with Gasteiger partial charge in [0.05, 0.1) is 11.2 Å². The van der Waals surface area contributed by atoms with Crippen molar-refractivity contribution in [2.24, 2.45) is 7.05 Å². The van der Waals surface area contributed by atoms with E-state index in [0.29, 0.717) is 0 Å². The molecule has 0 aliphatic carbocycles. The zero-order valence-electron chi connectivity index (χ0n) is 14.6. The van der Waals surface area contributed by atoms with E-state index in [4.69, 9.17) is 0 Å². The monoisotopic (exact) mass is 322 g/mol. The van der Waals surface area contributed by atoms with Gasteiger partial charge in [0.25, 0.3) is 5.91 Å². The number of nitrogens with zero attached hydrogens (tertiary/aromatic N) is 3. The Morgan fingerprint density at radius 1 is 1.33 bits per heavy atom. The van der Waals surface area contributed by atoms with E-state index in [-0.39, 0.29) is 11.9 Å². The van der Waals surface area contributed by atoms with Gasteiger partial charge < -0.3 is 9.88 Å². The molecule has 1 unspecified atom stereocenters. The highest BCUT2D eigenvalue weighted by Crippen LogP contribution is 2.35. The lowest BCUT2D eigenvalue weighted by Crippen LogP contribution is -2.43. The molecule has 0 saturated heterocycles. The van der Waals surface area contributed by atoms with Gasteiger partial charge in [-0.3, -0.25) is 9.48 Å². The van der Waals surface area contributed by atoms with Crippen molar-refractivity contribution >= 4 is 16.8 Å². The van der Waals surface area contributed by atoms with Crippen LogP contribution < -0.4 is 5.32 Å². The van der Waals surface area contributed by atoms with E-state index < -0.39 is 0 Å². The third-order valence-corrected chi connectivity index (χ3v) is 5.16. The molecule has 1 aliphatic rings. The summed E-state index contributed by atoms with van der Waals surface area (Å²) in [5.41, 5.74) is 6.38. The van der Waals surface area contributed by atoms with Gasteiger partial charge in [-0.15, -0.1) is 0 Å². The van der Waals surface area contributed by atoms with Crippen molar-refractivity contribution in [1.82, 2.24) is 19.7 Å². The predicted molar refractivity (Wildman–Crippen MR) is 95.2 cm³/mol. The highest BCUT2D eigenvalue weighted by atomic mass is 16.2. The highest BCUT2D eigenvalue weighted by Gasteiger charge is 2.27. The maximum atomic E-state index is 12.5. The number of carbonyl (C=O) groups excluding carboxylic acids is 1. The van der Waals surface area contributed by atoms with Crippen LogP contribution in [0, 0.1) is 13.8 Å². The molecule has 5 heteroatoms. The smallest absolute Gasteiger partial charge is 0.268 e. The maximum absolute atomic E-state index is 12.5. The summed E-state index contributed by atoms with van der Waals surface area (Å²) in [6.07, 6.45) is 0.929. The molecule has 4 rings (SSSR count). The normalized spacial score (nSPS) is 17.2. The summed E-state index contributed by atoms with van der Waals surface area (Å²) in [5, 5.41) is 8.77. The number of hydrogen-bond donors (Lipinski definition) is 1. The molecule has 3 aromatic rings. The second kappa shape index (κ2) is 5.23. The van der Waals surface area contributed by atoms with Gasteiger partial charge in [0.1, 0.15) is 5.69 Å². The predicted octanol–water partition coefficient (Wildman–Crippen LogP) is 3.18. The van der Waals surface area contributed by atoms with Crippen molar-refractivity contribution in [1.29, 1.82) is 0 Å². The van der Waals surface area contributed by atoms with Crippen LogP contribution >= 0.6 is 0 Å². The maximum Gasteiger partial charge on any atom is 0.268 e. The van der Waals surface area contributed by atoms with E-state index >= 15 is 0 Å². The molecular weight excluding hydrogens is 300 g/mol. The zero-order valence-corrected chi connectivity index (χ0v) is 14.6. The van der Waals surface area contributed by atoms with Gasteiger partial charge in [-0.05, 0) is 26.3 Å². The molecular formula is C19H22N4O. The average molecular weight is 322 g/mol. The fraction of sp³-hybridized carbons (Fsp3) is 0.368. The third kappa shape index (κ3) is 2.00. The minimum atomic E-state index is 0.0230. The van der Waals surface area contributed by atoms with Gasteiger partial charge in [0.2, 0.25) is 0 Å². The summed E-state index contributed by atoms with van der Waals surface area (Å²) in [4.78, 5) is 12.5. The molecule has 0 bridgehead atoms. The minimum absolute atomic E-state index is 0.0230. The van der Waals surface area contributed by atoms with Crippen molar-refractivity contribution < 1.29 is 4.79 Å². The number of nitrogens with one attached hydrogen (secondary N) is 1. The molecule has 3 heterocycles. The van der Waals surface area contributed by atoms with Crippen molar-refractivity contribution in [2.75, 3.05) is 0 Å². The van der Waals surface area contributed by atoms with E-state index in [0.717, 1.165) is 46.5 Å². The molecule has 1 aliphatic heterocycles. The number of para-hydroxylation sites is 1. The summed E-state index contributed by atoms with van der Waals surface area (Å²) >= 11 is 0. The van der Waals surface area contributed by atoms with Crippen molar-refractivity contribution in [3.8, 4) is 11.1 Å². The fourth-order valence-electron chi connectivity index (χ4n) is 3.82. The lowest BCUT2D eigenvalue weighted by atomic mass is 10.0. The minimum Gasteiger partial charge on any atom is -0.346 e. The second-order valence-corrected chi connectivity index (χ2v) is 6.63. The molecule has 1 N–H and O–H groups in total. The van der Waals surface area contributed by atoms with Crippen LogP contribution in [0.25, 0.3) is 22.0 Å². The first-order valence-electron chi connectivity index (χ1n) is 8.45. The van der Waals surface area contributed by atoms with Gasteiger partial charge in [0, 0.05) is 41.8 Å². The van der Waals surface area contributed by atoms with Crippen LogP contribution in [0.15, 0.2) is 24.3 Å². The van der Waals surface area contributed by atoms with E-state index in [2.05, 4.69) is 47.0 Å². The Bertz CT molecular complexity index is 964. The first-order chi connectivity index (χ1) is 11.5. The number of aryl methyl sites for hydroxylation is 2. The SMILES string of the molecule is CCC1Cn2c(cc3cccc(-c4c(C)nn(C)c4C)c32)C(=O)N1. The number of hydrogen-bond acceptors (Lipinski definition) is 2. The standard InChI is InChI=1S/C19H22N4O/c1-5-14-10-23-16(19(24)20-14)9-13-7-6-8-15(18(13)23)17-11(2)21-22(4)12(17)3/h6-9,14H,5,10H2,1-4H3,(H,20,24). The van der Waals surface area contributed by atoms with Crippen molar-refractivity contribution in [2.45, 2.75) is 39.8 Å². The van der Waals surface area contributed by atoms with E-state index in [1.54, 1.807) is 0 Å². The molecule has 24 heavy (non-hydrogen) atoms. The summed E-state index contributed by atoms with van der Waals surface area (Å²) in [7, 11) is 1.97. The van der Waals surface area contributed by atoms with Gasteiger partial charge in [0.15, 0.2) is 0 Å². The lowest BCUT2D eigenvalue weighted by Gasteiger charge is -2.25. The largest absolute Gasteiger partial charge is 0.346 e. The van der Waals surface area contributed by atoms with E-state index in [9.17, 15) is 4.79 Å². The Kier molecular flexibility index (Phi) is 3.27. The van der Waals surface area contributed by atoms with Crippen LogP contribution in [0.2, 0.25) is 0 Å². The summed E-state index contributed by atoms with van der Waals surface area (Å²) < 4.78 is 4.11. The van der Waals surface area contributed by atoms with Crippen LogP contribution in [0.4, 0.5) is 0 Å². The number of amides is 1.